The maximum Gasteiger partial charge on any atom is 0.254 e. The van der Waals surface area contributed by atoms with Crippen LogP contribution in [0.1, 0.15) is 36.0 Å². The van der Waals surface area contributed by atoms with Crippen LogP contribution in [0.3, 0.4) is 0 Å². The lowest BCUT2D eigenvalue weighted by molar-refractivity contribution is 0.0610. The smallest absolute Gasteiger partial charge is 0.254 e. The average Bonchev–Trinajstić information content (AvgIpc) is 2.47. The first kappa shape index (κ1) is 15.4. The Morgan fingerprint density at radius 3 is 2.90 bits per heavy atom. The molecule has 1 aliphatic rings. The van der Waals surface area contributed by atoms with Gasteiger partial charge in [0.1, 0.15) is 0 Å². The number of hydrogen-bond donors (Lipinski definition) is 0. The molecule has 1 aromatic carbocycles. The number of carbonyl (C=O) groups excluding carboxylic acids is 1. The van der Waals surface area contributed by atoms with Crippen molar-refractivity contribution in [3.63, 3.8) is 0 Å². The monoisotopic (exact) mass is 338 g/mol. The van der Waals surface area contributed by atoms with Crippen molar-refractivity contribution in [2.45, 2.75) is 31.7 Å². The molecule has 0 N–H and O–H groups in total. The molecular weight excluding hydrogens is 316 g/mol. The van der Waals surface area contributed by atoms with Gasteiger partial charge in [-0.1, -0.05) is 22.0 Å². The van der Waals surface area contributed by atoms with Crippen LogP contribution >= 0.6 is 15.9 Å². The van der Waals surface area contributed by atoms with E-state index in [1.54, 1.807) is 0 Å². The second kappa shape index (κ2) is 7.11. The van der Waals surface area contributed by atoms with Crippen molar-refractivity contribution in [3.8, 4) is 0 Å². The van der Waals surface area contributed by atoms with Crippen LogP contribution in [0.15, 0.2) is 24.3 Å². The van der Waals surface area contributed by atoms with Gasteiger partial charge >= 0.3 is 0 Å². The highest BCUT2D eigenvalue weighted by atomic mass is 79.9. The topological polar surface area (TPSA) is 23.6 Å². The van der Waals surface area contributed by atoms with Gasteiger partial charge in [-0.3, -0.25) is 4.79 Å². The van der Waals surface area contributed by atoms with E-state index in [1.165, 1.54) is 6.42 Å². The fourth-order valence-corrected chi connectivity index (χ4v) is 3.31. The number of rotatable bonds is 4. The van der Waals surface area contributed by atoms with Crippen molar-refractivity contribution < 1.29 is 4.79 Å². The molecule has 1 amide bonds. The first-order valence-electron chi connectivity index (χ1n) is 7.28. The molecule has 1 saturated heterocycles. The van der Waals surface area contributed by atoms with E-state index in [9.17, 15) is 4.79 Å². The number of amides is 1. The number of nitrogens with zero attached hydrogens (tertiary/aromatic N) is 2. The fourth-order valence-electron chi connectivity index (χ4n) is 2.78. The molecule has 0 spiro atoms. The highest BCUT2D eigenvalue weighted by Crippen LogP contribution is 2.24. The second-order valence-corrected chi connectivity index (χ2v) is 6.36. The van der Waals surface area contributed by atoms with E-state index in [-0.39, 0.29) is 5.91 Å². The third-order valence-electron chi connectivity index (χ3n) is 3.94. The SMILES string of the molecule is CN(C)c1cccc(C(=O)N2CCCCC2CCBr)c1. The summed E-state index contributed by atoms with van der Waals surface area (Å²) in [6.07, 6.45) is 4.53. The zero-order valence-electron chi connectivity index (χ0n) is 12.3. The van der Waals surface area contributed by atoms with E-state index in [0.29, 0.717) is 6.04 Å². The number of carbonyl (C=O) groups is 1. The summed E-state index contributed by atoms with van der Waals surface area (Å²) in [5.74, 6) is 0.180. The van der Waals surface area contributed by atoms with Gasteiger partial charge in [-0.25, -0.2) is 0 Å². The minimum Gasteiger partial charge on any atom is -0.378 e. The Kier molecular flexibility index (Phi) is 5.46. The molecule has 1 fully saturated rings. The Hall–Kier alpha value is -1.03. The Morgan fingerprint density at radius 2 is 2.20 bits per heavy atom. The van der Waals surface area contributed by atoms with Gasteiger partial charge in [-0.15, -0.1) is 0 Å². The molecule has 2 rings (SSSR count). The van der Waals surface area contributed by atoms with Gasteiger partial charge in [0, 0.05) is 43.3 Å². The summed E-state index contributed by atoms with van der Waals surface area (Å²) in [4.78, 5) is 16.9. The van der Waals surface area contributed by atoms with E-state index >= 15 is 0 Å². The van der Waals surface area contributed by atoms with Crippen LogP contribution in [0.25, 0.3) is 0 Å². The third-order valence-corrected chi connectivity index (χ3v) is 4.40. The number of piperidine rings is 1. The summed E-state index contributed by atoms with van der Waals surface area (Å²) < 4.78 is 0. The molecule has 20 heavy (non-hydrogen) atoms. The van der Waals surface area contributed by atoms with Crippen LogP contribution in [-0.2, 0) is 0 Å². The van der Waals surface area contributed by atoms with Crippen LogP contribution in [-0.4, -0.2) is 42.8 Å². The lowest BCUT2D eigenvalue weighted by atomic mass is 9.98. The second-order valence-electron chi connectivity index (χ2n) is 5.57. The van der Waals surface area contributed by atoms with Crippen LogP contribution in [0.5, 0.6) is 0 Å². The van der Waals surface area contributed by atoms with Gasteiger partial charge in [0.15, 0.2) is 0 Å². The highest BCUT2D eigenvalue weighted by molar-refractivity contribution is 9.09. The minimum absolute atomic E-state index is 0.180. The number of anilines is 1. The molecule has 0 bridgehead atoms. The van der Waals surface area contributed by atoms with Crippen molar-refractivity contribution in [1.29, 1.82) is 0 Å². The molecule has 1 unspecified atom stereocenters. The highest BCUT2D eigenvalue weighted by Gasteiger charge is 2.26. The summed E-state index contributed by atoms with van der Waals surface area (Å²) in [7, 11) is 4.00. The van der Waals surface area contributed by atoms with Crippen LogP contribution < -0.4 is 4.90 Å². The van der Waals surface area contributed by atoms with E-state index in [4.69, 9.17) is 0 Å². The van der Waals surface area contributed by atoms with Crippen molar-refractivity contribution in [2.75, 3.05) is 30.9 Å². The van der Waals surface area contributed by atoms with E-state index in [2.05, 4.69) is 20.8 Å². The van der Waals surface area contributed by atoms with Gasteiger partial charge in [0.25, 0.3) is 5.91 Å². The molecule has 1 atom stereocenters. The maximum absolute atomic E-state index is 12.8. The predicted molar refractivity (Wildman–Crippen MR) is 87.9 cm³/mol. The molecule has 1 heterocycles. The molecule has 110 valence electrons. The molecule has 4 heteroatoms. The summed E-state index contributed by atoms with van der Waals surface area (Å²) in [6.45, 7) is 0.892. The first-order valence-corrected chi connectivity index (χ1v) is 8.40. The van der Waals surface area contributed by atoms with Gasteiger partial charge in [-0.05, 0) is 43.9 Å². The van der Waals surface area contributed by atoms with Gasteiger partial charge < -0.3 is 9.80 Å². The predicted octanol–water partition coefficient (Wildman–Crippen LogP) is 3.53. The zero-order chi connectivity index (χ0) is 14.5. The standard InChI is InChI=1S/C16H23BrN2O/c1-18(2)15-8-5-6-13(12-15)16(20)19-11-4-3-7-14(19)9-10-17/h5-6,8,12,14H,3-4,7,9-11H2,1-2H3. The maximum atomic E-state index is 12.8. The minimum atomic E-state index is 0.180. The summed E-state index contributed by atoms with van der Waals surface area (Å²) >= 11 is 3.50. The third kappa shape index (κ3) is 3.54. The molecule has 3 nitrogen and oxygen atoms in total. The zero-order valence-corrected chi connectivity index (χ0v) is 13.9. The molecule has 0 saturated carbocycles. The Morgan fingerprint density at radius 1 is 1.40 bits per heavy atom. The van der Waals surface area contributed by atoms with Crippen molar-refractivity contribution in [2.24, 2.45) is 0 Å². The normalized spacial score (nSPS) is 18.9. The summed E-state index contributed by atoms with van der Waals surface area (Å²) in [5, 5.41) is 0.958. The first-order chi connectivity index (χ1) is 9.63. The van der Waals surface area contributed by atoms with Gasteiger partial charge in [0.2, 0.25) is 0 Å². The summed E-state index contributed by atoms with van der Waals surface area (Å²) in [6, 6.07) is 8.30. The average molecular weight is 339 g/mol. The molecule has 1 aromatic rings. The Balaban J connectivity index is 2.18. The Labute approximate surface area is 130 Å². The molecular formula is C16H23BrN2O. The van der Waals surface area contributed by atoms with E-state index < -0.39 is 0 Å². The fraction of sp³-hybridized carbons (Fsp3) is 0.562. The quantitative estimate of drug-likeness (QED) is 0.784. The largest absolute Gasteiger partial charge is 0.378 e. The molecule has 0 aliphatic carbocycles. The van der Waals surface area contributed by atoms with Gasteiger partial charge in [-0.2, -0.15) is 0 Å². The van der Waals surface area contributed by atoms with Gasteiger partial charge in [0.05, 0.1) is 0 Å². The van der Waals surface area contributed by atoms with Crippen LogP contribution in [0, 0.1) is 0 Å². The number of alkyl halides is 1. The number of benzene rings is 1. The number of halogens is 1. The van der Waals surface area contributed by atoms with Crippen LogP contribution in [0.4, 0.5) is 5.69 Å². The van der Waals surface area contributed by atoms with Crippen molar-refractivity contribution >= 4 is 27.5 Å². The van der Waals surface area contributed by atoms with Crippen LogP contribution in [0.2, 0.25) is 0 Å². The molecule has 0 aromatic heterocycles. The van der Waals surface area contributed by atoms with Crippen molar-refractivity contribution in [3.05, 3.63) is 29.8 Å². The lowest BCUT2D eigenvalue weighted by Crippen LogP contribution is -2.44. The number of hydrogen-bond acceptors (Lipinski definition) is 2. The molecule has 0 radical (unpaired) electrons. The van der Waals surface area contributed by atoms with E-state index in [1.807, 2.05) is 43.3 Å². The number of likely N-dealkylation sites (tertiary alicyclic amines) is 1. The van der Waals surface area contributed by atoms with Crippen molar-refractivity contribution in [1.82, 2.24) is 4.90 Å². The summed E-state index contributed by atoms with van der Waals surface area (Å²) in [5.41, 5.74) is 1.88. The molecule has 1 aliphatic heterocycles. The Bertz CT molecular complexity index is 460. The van der Waals surface area contributed by atoms with E-state index in [0.717, 1.165) is 42.4 Å². The lowest BCUT2D eigenvalue weighted by Gasteiger charge is -2.35.